The van der Waals surface area contributed by atoms with Crippen molar-refractivity contribution in [2.24, 2.45) is 0 Å². The van der Waals surface area contributed by atoms with Crippen molar-refractivity contribution >= 4 is 0 Å². The van der Waals surface area contributed by atoms with Gasteiger partial charge in [-0.25, -0.2) is 0 Å². The fourth-order valence-electron chi connectivity index (χ4n) is 3.26. The van der Waals surface area contributed by atoms with E-state index < -0.39 is 0 Å². The molecule has 2 N–H and O–H groups in total. The van der Waals surface area contributed by atoms with E-state index in [0.29, 0.717) is 0 Å². The molecule has 19 heavy (non-hydrogen) atoms. The number of nitrogens with zero attached hydrogens (tertiary/aromatic N) is 2. The van der Waals surface area contributed by atoms with Crippen LogP contribution in [0.4, 0.5) is 0 Å². The molecular weight excluding hydrogens is 236 g/mol. The number of nitrogens with one attached hydrogen (secondary N) is 2. The molecule has 4 nitrogen and oxygen atoms in total. The van der Waals surface area contributed by atoms with Gasteiger partial charge >= 0.3 is 0 Å². The van der Waals surface area contributed by atoms with Crippen LogP contribution in [0.15, 0.2) is 0 Å². The van der Waals surface area contributed by atoms with Crippen LogP contribution in [0.3, 0.4) is 0 Å². The molecule has 0 aromatic rings. The SMILES string of the molecule is CCCCCC(CN1CCNCC1)N1CCNCC1. The predicted molar refractivity (Wildman–Crippen MR) is 81.7 cm³/mol. The van der Waals surface area contributed by atoms with Crippen molar-refractivity contribution in [1.82, 2.24) is 20.4 Å². The average Bonchev–Trinajstić information content (AvgIpc) is 2.48. The second-order valence-corrected chi connectivity index (χ2v) is 5.99. The summed E-state index contributed by atoms with van der Waals surface area (Å²) >= 11 is 0. The van der Waals surface area contributed by atoms with E-state index in [9.17, 15) is 0 Å². The Hall–Kier alpha value is -0.160. The van der Waals surface area contributed by atoms with Gasteiger partial charge in [0.15, 0.2) is 0 Å². The number of hydrogen-bond donors (Lipinski definition) is 2. The molecule has 0 aliphatic carbocycles. The van der Waals surface area contributed by atoms with Gasteiger partial charge < -0.3 is 10.6 Å². The van der Waals surface area contributed by atoms with Gasteiger partial charge in [0.2, 0.25) is 0 Å². The molecule has 0 bridgehead atoms. The minimum absolute atomic E-state index is 0.784. The first-order valence-electron chi connectivity index (χ1n) is 8.28. The highest BCUT2D eigenvalue weighted by Crippen LogP contribution is 2.13. The molecule has 112 valence electrons. The Bertz CT molecular complexity index is 222. The van der Waals surface area contributed by atoms with Crippen molar-refractivity contribution in [3.8, 4) is 0 Å². The zero-order chi connectivity index (χ0) is 13.3. The molecule has 1 atom stereocenters. The summed E-state index contributed by atoms with van der Waals surface area (Å²) in [4.78, 5) is 5.39. The van der Waals surface area contributed by atoms with Gasteiger partial charge in [0.1, 0.15) is 0 Å². The van der Waals surface area contributed by atoms with Crippen LogP contribution in [0.2, 0.25) is 0 Å². The fourth-order valence-corrected chi connectivity index (χ4v) is 3.26. The highest BCUT2D eigenvalue weighted by Gasteiger charge is 2.23. The quantitative estimate of drug-likeness (QED) is 0.667. The lowest BCUT2D eigenvalue weighted by Crippen LogP contribution is -2.54. The molecule has 0 aromatic heterocycles. The van der Waals surface area contributed by atoms with Crippen molar-refractivity contribution in [1.29, 1.82) is 0 Å². The van der Waals surface area contributed by atoms with E-state index in [2.05, 4.69) is 27.4 Å². The topological polar surface area (TPSA) is 30.5 Å². The van der Waals surface area contributed by atoms with Crippen LogP contribution in [-0.2, 0) is 0 Å². The molecule has 2 saturated heterocycles. The molecule has 0 aromatic carbocycles. The lowest BCUT2D eigenvalue weighted by molar-refractivity contribution is 0.110. The van der Waals surface area contributed by atoms with Crippen LogP contribution in [0, 0.1) is 0 Å². The molecule has 2 aliphatic heterocycles. The minimum atomic E-state index is 0.784. The van der Waals surface area contributed by atoms with E-state index in [1.807, 2.05) is 0 Å². The zero-order valence-electron chi connectivity index (χ0n) is 12.7. The van der Waals surface area contributed by atoms with Crippen molar-refractivity contribution in [3.63, 3.8) is 0 Å². The first kappa shape index (κ1) is 15.2. The molecular formula is C15H32N4. The minimum Gasteiger partial charge on any atom is -0.314 e. The number of unbranched alkanes of at least 4 members (excludes halogenated alkanes) is 2. The summed E-state index contributed by atoms with van der Waals surface area (Å²) in [6, 6.07) is 0.784. The summed E-state index contributed by atoms with van der Waals surface area (Å²) in [5.74, 6) is 0. The monoisotopic (exact) mass is 268 g/mol. The molecule has 0 radical (unpaired) electrons. The molecule has 0 saturated carbocycles. The maximum atomic E-state index is 3.48. The largest absolute Gasteiger partial charge is 0.314 e. The summed E-state index contributed by atoms with van der Waals surface area (Å²) in [5.41, 5.74) is 0. The summed E-state index contributed by atoms with van der Waals surface area (Å²) in [6.07, 6.45) is 5.51. The second kappa shape index (κ2) is 8.90. The van der Waals surface area contributed by atoms with Crippen molar-refractivity contribution < 1.29 is 0 Å². The summed E-state index contributed by atoms with van der Waals surface area (Å²) in [6.45, 7) is 13.2. The lowest BCUT2D eigenvalue weighted by Gasteiger charge is -2.39. The Labute approximate surface area is 118 Å². The molecule has 2 aliphatic rings. The van der Waals surface area contributed by atoms with Crippen LogP contribution in [0.25, 0.3) is 0 Å². The van der Waals surface area contributed by atoms with Crippen LogP contribution < -0.4 is 10.6 Å². The summed E-state index contributed by atoms with van der Waals surface area (Å²) in [5, 5.41) is 6.93. The van der Waals surface area contributed by atoms with Gasteiger partial charge in [-0.15, -0.1) is 0 Å². The van der Waals surface area contributed by atoms with Gasteiger partial charge in [0, 0.05) is 64.9 Å². The lowest BCUT2D eigenvalue weighted by atomic mass is 10.0. The molecule has 2 heterocycles. The van der Waals surface area contributed by atoms with E-state index in [4.69, 9.17) is 0 Å². The van der Waals surface area contributed by atoms with Gasteiger partial charge in [-0.3, -0.25) is 9.80 Å². The summed E-state index contributed by atoms with van der Waals surface area (Å²) < 4.78 is 0. The number of hydrogen-bond acceptors (Lipinski definition) is 4. The van der Waals surface area contributed by atoms with E-state index in [1.54, 1.807) is 0 Å². The third-order valence-electron chi connectivity index (χ3n) is 4.49. The Balaban J connectivity index is 1.80. The average molecular weight is 268 g/mol. The van der Waals surface area contributed by atoms with Gasteiger partial charge in [-0.05, 0) is 6.42 Å². The van der Waals surface area contributed by atoms with Gasteiger partial charge in [0.05, 0.1) is 0 Å². The Kier molecular flexibility index (Phi) is 7.14. The maximum Gasteiger partial charge on any atom is 0.0224 e. The molecule has 0 spiro atoms. The molecule has 1 unspecified atom stereocenters. The fraction of sp³-hybridized carbons (Fsp3) is 1.00. The second-order valence-electron chi connectivity index (χ2n) is 5.99. The normalized spacial score (nSPS) is 24.5. The van der Waals surface area contributed by atoms with Crippen LogP contribution >= 0.6 is 0 Å². The van der Waals surface area contributed by atoms with E-state index in [1.165, 1.54) is 84.6 Å². The van der Waals surface area contributed by atoms with E-state index >= 15 is 0 Å². The van der Waals surface area contributed by atoms with Crippen LogP contribution in [-0.4, -0.2) is 74.7 Å². The van der Waals surface area contributed by atoms with Crippen molar-refractivity contribution in [2.75, 3.05) is 58.9 Å². The predicted octanol–water partition coefficient (Wildman–Crippen LogP) is 0.746. The molecule has 2 rings (SSSR count). The van der Waals surface area contributed by atoms with Gasteiger partial charge in [0.25, 0.3) is 0 Å². The highest BCUT2D eigenvalue weighted by molar-refractivity contribution is 4.81. The van der Waals surface area contributed by atoms with E-state index in [0.717, 1.165) is 6.04 Å². The van der Waals surface area contributed by atoms with Crippen LogP contribution in [0.1, 0.15) is 32.6 Å². The third kappa shape index (κ3) is 5.38. The van der Waals surface area contributed by atoms with E-state index in [-0.39, 0.29) is 0 Å². The van der Waals surface area contributed by atoms with Crippen molar-refractivity contribution in [2.45, 2.75) is 38.6 Å². The van der Waals surface area contributed by atoms with Crippen molar-refractivity contribution in [3.05, 3.63) is 0 Å². The molecule has 2 fully saturated rings. The zero-order valence-corrected chi connectivity index (χ0v) is 12.7. The standard InChI is InChI=1S/C15H32N4/c1-2-3-4-5-15(19-12-8-17-9-13-19)14-18-10-6-16-7-11-18/h15-17H,2-14H2,1H3. The number of rotatable bonds is 7. The molecule has 0 amide bonds. The third-order valence-corrected chi connectivity index (χ3v) is 4.49. The van der Waals surface area contributed by atoms with Crippen LogP contribution in [0.5, 0.6) is 0 Å². The Morgan fingerprint density at radius 2 is 1.53 bits per heavy atom. The Morgan fingerprint density at radius 3 is 2.16 bits per heavy atom. The first-order chi connectivity index (χ1) is 9.40. The van der Waals surface area contributed by atoms with Gasteiger partial charge in [-0.1, -0.05) is 26.2 Å². The first-order valence-corrected chi connectivity index (χ1v) is 8.28. The number of piperazine rings is 2. The maximum absolute atomic E-state index is 3.48. The summed E-state index contributed by atoms with van der Waals surface area (Å²) in [7, 11) is 0. The van der Waals surface area contributed by atoms with Gasteiger partial charge in [-0.2, -0.15) is 0 Å². The Morgan fingerprint density at radius 1 is 0.895 bits per heavy atom. The smallest absolute Gasteiger partial charge is 0.0224 e. The highest BCUT2D eigenvalue weighted by atomic mass is 15.3. The molecule has 4 heteroatoms.